The number of hydrogen-bond donors (Lipinski definition) is 0. The van der Waals surface area contributed by atoms with E-state index < -0.39 is 4.92 Å². The van der Waals surface area contributed by atoms with Crippen LogP contribution in [0.1, 0.15) is 24.4 Å². The molecule has 0 radical (unpaired) electrons. The van der Waals surface area contributed by atoms with Gasteiger partial charge in [-0.2, -0.15) is 0 Å². The van der Waals surface area contributed by atoms with Gasteiger partial charge < -0.3 is 14.4 Å². The molecule has 27 heavy (non-hydrogen) atoms. The molecule has 0 aromatic heterocycles. The highest BCUT2D eigenvalue weighted by Crippen LogP contribution is 2.34. The number of ether oxygens (including phenoxy) is 2. The van der Waals surface area contributed by atoms with Crippen molar-refractivity contribution in [3.63, 3.8) is 0 Å². The number of methoxy groups -OCH3 is 1. The molecule has 0 bridgehead atoms. The predicted octanol–water partition coefficient (Wildman–Crippen LogP) is 4.00. The highest BCUT2D eigenvalue weighted by Gasteiger charge is 2.30. The average molecular weight is 391 g/mol. The molecule has 7 nitrogen and oxygen atoms in total. The third-order valence-corrected chi connectivity index (χ3v) is 4.78. The molecule has 0 N–H and O–H groups in total. The summed E-state index contributed by atoms with van der Waals surface area (Å²) in [4.78, 5) is 25.0. The van der Waals surface area contributed by atoms with Crippen molar-refractivity contribution < 1.29 is 19.2 Å². The minimum absolute atomic E-state index is 0.0259. The Hall–Kier alpha value is -2.80. The van der Waals surface area contributed by atoms with E-state index in [9.17, 15) is 14.9 Å². The monoisotopic (exact) mass is 390 g/mol. The third-order valence-electron chi connectivity index (χ3n) is 4.54. The van der Waals surface area contributed by atoms with Gasteiger partial charge in [0.15, 0.2) is 12.4 Å². The molecule has 1 atom stereocenters. The molecule has 3 rings (SSSR count). The van der Waals surface area contributed by atoms with E-state index in [0.29, 0.717) is 6.54 Å². The number of halogens is 1. The van der Waals surface area contributed by atoms with Gasteiger partial charge in [-0.1, -0.05) is 23.7 Å². The highest BCUT2D eigenvalue weighted by atomic mass is 35.5. The van der Waals surface area contributed by atoms with E-state index >= 15 is 0 Å². The second-order valence-electron chi connectivity index (χ2n) is 6.18. The molecule has 2 aromatic carbocycles. The SMILES string of the molecule is COc1ccc(C2CCCN2C(=O)COc2ccc(Cl)cc2[N+](=O)[O-])cc1. The molecular formula is C19H19ClN2O5. The normalized spacial score (nSPS) is 16.2. The van der Waals surface area contributed by atoms with Crippen LogP contribution in [0.2, 0.25) is 5.02 Å². The number of hydrogen-bond acceptors (Lipinski definition) is 5. The first-order valence-electron chi connectivity index (χ1n) is 8.49. The van der Waals surface area contributed by atoms with Crippen LogP contribution in [-0.4, -0.2) is 36.0 Å². The smallest absolute Gasteiger partial charge is 0.312 e. The Morgan fingerprint density at radius 1 is 1.30 bits per heavy atom. The zero-order valence-electron chi connectivity index (χ0n) is 14.8. The average Bonchev–Trinajstić information content (AvgIpc) is 3.16. The second-order valence-corrected chi connectivity index (χ2v) is 6.61. The van der Waals surface area contributed by atoms with Crippen LogP contribution in [0.3, 0.4) is 0 Å². The lowest BCUT2D eigenvalue weighted by Crippen LogP contribution is -2.34. The van der Waals surface area contributed by atoms with Gasteiger partial charge in [-0.05, 0) is 42.7 Å². The van der Waals surface area contributed by atoms with E-state index in [4.69, 9.17) is 21.1 Å². The third kappa shape index (κ3) is 4.31. The Balaban J connectivity index is 1.69. The summed E-state index contributed by atoms with van der Waals surface area (Å²) < 4.78 is 10.6. The Kier molecular flexibility index (Phi) is 5.81. The molecule has 1 fully saturated rings. The molecule has 2 aromatic rings. The minimum Gasteiger partial charge on any atom is -0.497 e. The van der Waals surface area contributed by atoms with E-state index in [2.05, 4.69) is 0 Å². The van der Waals surface area contributed by atoms with Crippen LogP contribution in [0, 0.1) is 10.1 Å². The van der Waals surface area contributed by atoms with Gasteiger partial charge in [-0.3, -0.25) is 14.9 Å². The summed E-state index contributed by atoms with van der Waals surface area (Å²) in [6, 6.07) is 11.7. The lowest BCUT2D eigenvalue weighted by atomic mass is 10.0. The molecule has 142 valence electrons. The maximum atomic E-state index is 12.7. The predicted molar refractivity (Wildman–Crippen MR) is 100 cm³/mol. The van der Waals surface area contributed by atoms with E-state index in [0.717, 1.165) is 24.2 Å². The van der Waals surface area contributed by atoms with Crippen LogP contribution in [0.4, 0.5) is 5.69 Å². The summed E-state index contributed by atoms with van der Waals surface area (Å²) >= 11 is 5.79. The number of nitro groups is 1. The summed E-state index contributed by atoms with van der Waals surface area (Å²) in [5.41, 5.74) is 0.766. The molecule has 1 heterocycles. The summed E-state index contributed by atoms with van der Waals surface area (Å²) in [6.45, 7) is 0.358. The van der Waals surface area contributed by atoms with E-state index in [1.807, 2.05) is 24.3 Å². The van der Waals surface area contributed by atoms with Crippen molar-refractivity contribution in [2.45, 2.75) is 18.9 Å². The molecule has 1 amide bonds. The molecule has 0 saturated carbocycles. The Morgan fingerprint density at radius 2 is 2.04 bits per heavy atom. The maximum absolute atomic E-state index is 12.7. The van der Waals surface area contributed by atoms with Crippen LogP contribution in [0.15, 0.2) is 42.5 Å². The number of carbonyl (C=O) groups excluding carboxylic acids is 1. The molecule has 1 saturated heterocycles. The molecular weight excluding hydrogens is 372 g/mol. The van der Waals surface area contributed by atoms with Crippen molar-refractivity contribution in [2.75, 3.05) is 20.3 Å². The van der Waals surface area contributed by atoms with Crippen LogP contribution >= 0.6 is 11.6 Å². The minimum atomic E-state index is -0.582. The number of nitro benzene ring substituents is 1. The van der Waals surface area contributed by atoms with Gasteiger partial charge in [0.05, 0.1) is 18.1 Å². The number of carbonyl (C=O) groups is 1. The van der Waals surface area contributed by atoms with Crippen LogP contribution < -0.4 is 9.47 Å². The van der Waals surface area contributed by atoms with Gasteiger partial charge in [-0.15, -0.1) is 0 Å². The summed E-state index contributed by atoms with van der Waals surface area (Å²) in [5.74, 6) is 0.573. The van der Waals surface area contributed by atoms with Gasteiger partial charge in [0, 0.05) is 17.6 Å². The molecule has 1 unspecified atom stereocenters. The van der Waals surface area contributed by atoms with Crippen LogP contribution in [0.5, 0.6) is 11.5 Å². The summed E-state index contributed by atoms with van der Waals surface area (Å²) in [5, 5.41) is 11.4. The fraction of sp³-hybridized carbons (Fsp3) is 0.316. The van der Waals surface area contributed by atoms with Crippen molar-refractivity contribution in [3.8, 4) is 11.5 Å². The molecule has 0 spiro atoms. The standard InChI is InChI=1S/C19H19ClN2O5/c1-26-15-7-4-13(5-8-15)16-3-2-10-21(16)19(23)12-27-18-9-6-14(20)11-17(18)22(24)25/h4-9,11,16H,2-3,10,12H2,1H3. The highest BCUT2D eigenvalue weighted by molar-refractivity contribution is 6.30. The van der Waals surface area contributed by atoms with E-state index in [1.165, 1.54) is 18.2 Å². The fourth-order valence-electron chi connectivity index (χ4n) is 3.22. The number of amides is 1. The lowest BCUT2D eigenvalue weighted by molar-refractivity contribution is -0.385. The number of rotatable bonds is 6. The quantitative estimate of drug-likeness (QED) is 0.550. The first-order valence-corrected chi connectivity index (χ1v) is 8.87. The largest absolute Gasteiger partial charge is 0.497 e. The zero-order chi connectivity index (χ0) is 19.4. The molecule has 1 aliphatic heterocycles. The second kappa shape index (κ2) is 8.26. The van der Waals surface area contributed by atoms with Gasteiger partial charge in [0.2, 0.25) is 0 Å². The fourth-order valence-corrected chi connectivity index (χ4v) is 3.38. The van der Waals surface area contributed by atoms with Crippen LogP contribution in [-0.2, 0) is 4.79 Å². The Morgan fingerprint density at radius 3 is 2.70 bits per heavy atom. The van der Waals surface area contributed by atoms with Gasteiger partial charge in [0.25, 0.3) is 5.91 Å². The van der Waals surface area contributed by atoms with Crippen molar-refractivity contribution in [1.82, 2.24) is 4.90 Å². The summed E-state index contributed by atoms with van der Waals surface area (Å²) in [6.07, 6.45) is 1.75. The maximum Gasteiger partial charge on any atom is 0.312 e. The van der Waals surface area contributed by atoms with Crippen LogP contribution in [0.25, 0.3) is 0 Å². The first-order chi connectivity index (χ1) is 13.0. The van der Waals surface area contributed by atoms with Gasteiger partial charge >= 0.3 is 5.69 Å². The topological polar surface area (TPSA) is 81.9 Å². The molecule has 1 aliphatic rings. The number of benzene rings is 2. The van der Waals surface area contributed by atoms with Crippen molar-refractivity contribution in [2.24, 2.45) is 0 Å². The molecule has 8 heteroatoms. The number of likely N-dealkylation sites (tertiary alicyclic amines) is 1. The number of nitrogens with zero attached hydrogens (tertiary/aromatic N) is 2. The summed E-state index contributed by atoms with van der Waals surface area (Å²) in [7, 11) is 1.60. The van der Waals surface area contributed by atoms with Gasteiger partial charge in [-0.25, -0.2) is 0 Å². The van der Waals surface area contributed by atoms with Crippen molar-refractivity contribution in [3.05, 3.63) is 63.2 Å². The zero-order valence-corrected chi connectivity index (χ0v) is 15.5. The van der Waals surface area contributed by atoms with Crippen molar-refractivity contribution >= 4 is 23.2 Å². The van der Waals surface area contributed by atoms with E-state index in [1.54, 1.807) is 12.0 Å². The first kappa shape index (κ1) is 19.0. The van der Waals surface area contributed by atoms with Crippen molar-refractivity contribution in [1.29, 1.82) is 0 Å². The Bertz CT molecular complexity index is 840. The molecule has 0 aliphatic carbocycles. The van der Waals surface area contributed by atoms with Gasteiger partial charge in [0.1, 0.15) is 5.75 Å². The van der Waals surface area contributed by atoms with E-state index in [-0.39, 0.29) is 35.0 Å². The Labute approximate surface area is 161 Å². The lowest BCUT2D eigenvalue weighted by Gasteiger charge is -2.25.